The van der Waals surface area contributed by atoms with Gasteiger partial charge in [-0.1, -0.05) is 32.9 Å². The number of hydrogen-bond donors (Lipinski definition) is 3. The van der Waals surface area contributed by atoms with Crippen LogP contribution in [0.15, 0.2) is 44.8 Å². The lowest BCUT2D eigenvalue weighted by Crippen LogP contribution is -2.36. The minimum Gasteiger partial charge on any atom is -0.443 e. The molecule has 0 bridgehead atoms. The number of nitrogens with one attached hydrogen (secondary N) is 2. The van der Waals surface area contributed by atoms with Crippen LogP contribution >= 0.6 is 0 Å². The van der Waals surface area contributed by atoms with E-state index in [0.29, 0.717) is 31.5 Å². The van der Waals surface area contributed by atoms with E-state index in [1.165, 1.54) is 12.1 Å². The van der Waals surface area contributed by atoms with E-state index < -0.39 is 10.0 Å². The monoisotopic (exact) mass is 393 g/mol. The molecule has 2 rings (SSSR count). The van der Waals surface area contributed by atoms with Gasteiger partial charge in [-0.2, -0.15) is 0 Å². The van der Waals surface area contributed by atoms with Gasteiger partial charge in [-0.3, -0.25) is 0 Å². The maximum absolute atomic E-state index is 11.3. The van der Waals surface area contributed by atoms with Crippen LogP contribution < -0.4 is 15.8 Å². The Hall–Kier alpha value is -2.39. The fourth-order valence-corrected chi connectivity index (χ4v) is 2.71. The number of primary sulfonamides is 1. The Morgan fingerprint density at radius 1 is 1.22 bits per heavy atom. The van der Waals surface area contributed by atoms with Crippen molar-refractivity contribution < 1.29 is 12.8 Å². The zero-order valence-corrected chi connectivity index (χ0v) is 16.9. The topological polar surface area (TPSA) is 123 Å². The highest BCUT2D eigenvalue weighted by molar-refractivity contribution is 7.89. The second-order valence-corrected chi connectivity index (χ2v) is 8.67. The molecule has 4 N–H and O–H groups in total. The van der Waals surface area contributed by atoms with Crippen LogP contribution in [0.2, 0.25) is 0 Å². The number of sulfonamides is 1. The molecule has 0 fully saturated rings. The van der Waals surface area contributed by atoms with E-state index in [1.54, 1.807) is 18.3 Å². The Morgan fingerprint density at radius 2 is 1.89 bits per heavy atom. The summed E-state index contributed by atoms with van der Waals surface area (Å²) >= 11 is 0. The molecule has 0 spiro atoms. The lowest BCUT2D eigenvalue weighted by molar-refractivity contribution is 0.379. The first kappa shape index (κ1) is 20.9. The van der Waals surface area contributed by atoms with Crippen molar-refractivity contribution in [3.05, 3.63) is 47.7 Å². The summed E-state index contributed by atoms with van der Waals surface area (Å²) in [7, 11) is -3.69. The normalized spacial score (nSPS) is 12.9. The number of aliphatic imine (C=N–C) groups is 1. The quantitative estimate of drug-likeness (QED) is 0.509. The average molecular weight is 394 g/mol. The highest BCUT2D eigenvalue weighted by Gasteiger charge is 2.19. The van der Waals surface area contributed by atoms with Crippen molar-refractivity contribution in [2.45, 2.75) is 51.1 Å². The van der Waals surface area contributed by atoms with Crippen molar-refractivity contribution in [3.63, 3.8) is 0 Å². The van der Waals surface area contributed by atoms with E-state index in [1.807, 2.05) is 6.92 Å². The number of oxazole rings is 1. The van der Waals surface area contributed by atoms with Crippen LogP contribution in [0.5, 0.6) is 0 Å². The van der Waals surface area contributed by atoms with E-state index in [2.05, 4.69) is 41.4 Å². The van der Waals surface area contributed by atoms with E-state index in [0.717, 1.165) is 11.3 Å². The van der Waals surface area contributed by atoms with Gasteiger partial charge in [0, 0.05) is 12.0 Å². The zero-order chi connectivity index (χ0) is 20.1. The third-order valence-corrected chi connectivity index (χ3v) is 4.64. The molecule has 0 aliphatic rings. The summed E-state index contributed by atoms with van der Waals surface area (Å²) in [6.07, 6.45) is 1.74. The molecule has 0 unspecified atom stereocenters. The zero-order valence-electron chi connectivity index (χ0n) is 16.1. The van der Waals surface area contributed by atoms with E-state index in [9.17, 15) is 8.42 Å². The fourth-order valence-electron chi connectivity index (χ4n) is 2.19. The van der Waals surface area contributed by atoms with Gasteiger partial charge in [-0.05, 0) is 24.6 Å². The molecule has 0 radical (unpaired) electrons. The van der Waals surface area contributed by atoms with Gasteiger partial charge in [0.15, 0.2) is 5.96 Å². The SMILES string of the molecule is CCNC(=NCc1ccc(S(N)(=O)=O)cc1)NCc1ncc(C(C)(C)C)o1. The van der Waals surface area contributed by atoms with Gasteiger partial charge in [-0.25, -0.2) is 23.5 Å². The van der Waals surface area contributed by atoms with Gasteiger partial charge in [0.25, 0.3) is 0 Å². The summed E-state index contributed by atoms with van der Waals surface area (Å²) in [5, 5.41) is 11.4. The lowest BCUT2D eigenvalue weighted by Gasteiger charge is -2.13. The minimum absolute atomic E-state index is 0.0822. The Labute approximate surface area is 160 Å². The molecule has 0 saturated heterocycles. The predicted molar refractivity (Wildman–Crippen MR) is 105 cm³/mol. The molecule has 148 valence electrons. The number of rotatable bonds is 6. The van der Waals surface area contributed by atoms with Crippen LogP contribution in [0.3, 0.4) is 0 Å². The summed E-state index contributed by atoms with van der Waals surface area (Å²) in [4.78, 5) is 8.86. The summed E-state index contributed by atoms with van der Waals surface area (Å²) in [6.45, 7) is 9.67. The summed E-state index contributed by atoms with van der Waals surface area (Å²) in [6, 6.07) is 6.33. The van der Waals surface area contributed by atoms with Crippen molar-refractivity contribution in [2.75, 3.05) is 6.54 Å². The summed E-state index contributed by atoms with van der Waals surface area (Å²) in [5.74, 6) is 2.03. The van der Waals surface area contributed by atoms with Gasteiger partial charge >= 0.3 is 0 Å². The van der Waals surface area contributed by atoms with Crippen LogP contribution in [0.25, 0.3) is 0 Å². The number of aromatic nitrogens is 1. The first-order valence-electron chi connectivity index (χ1n) is 8.68. The van der Waals surface area contributed by atoms with E-state index in [4.69, 9.17) is 9.56 Å². The summed E-state index contributed by atoms with van der Waals surface area (Å²) < 4.78 is 28.3. The smallest absolute Gasteiger partial charge is 0.238 e. The predicted octanol–water partition coefficient (Wildman–Crippen LogP) is 1.87. The molecule has 0 saturated carbocycles. The second kappa shape index (κ2) is 8.53. The maximum Gasteiger partial charge on any atom is 0.238 e. The van der Waals surface area contributed by atoms with Gasteiger partial charge in [-0.15, -0.1) is 0 Å². The molecule has 9 heteroatoms. The number of nitrogens with two attached hydrogens (primary N) is 1. The maximum atomic E-state index is 11.3. The number of benzene rings is 1. The van der Waals surface area contributed by atoms with Gasteiger partial charge < -0.3 is 15.1 Å². The molecule has 2 aromatic rings. The minimum atomic E-state index is -3.69. The van der Waals surface area contributed by atoms with E-state index in [-0.39, 0.29) is 10.3 Å². The molecule has 0 aliphatic heterocycles. The highest BCUT2D eigenvalue weighted by atomic mass is 32.2. The molecule has 8 nitrogen and oxygen atoms in total. The van der Waals surface area contributed by atoms with Crippen LogP contribution in [0.4, 0.5) is 0 Å². The van der Waals surface area contributed by atoms with Gasteiger partial charge in [0.2, 0.25) is 15.9 Å². The van der Waals surface area contributed by atoms with Crippen molar-refractivity contribution >= 4 is 16.0 Å². The van der Waals surface area contributed by atoms with E-state index >= 15 is 0 Å². The Bertz CT molecular complexity index is 880. The Kier molecular flexibility index (Phi) is 6.61. The van der Waals surface area contributed by atoms with Crippen molar-refractivity contribution in [1.29, 1.82) is 0 Å². The highest BCUT2D eigenvalue weighted by Crippen LogP contribution is 2.22. The van der Waals surface area contributed by atoms with Gasteiger partial charge in [0.05, 0.1) is 24.2 Å². The third kappa shape index (κ3) is 6.37. The molecular formula is C18H27N5O3S. The van der Waals surface area contributed by atoms with Crippen molar-refractivity contribution in [3.8, 4) is 0 Å². The first-order valence-corrected chi connectivity index (χ1v) is 10.2. The van der Waals surface area contributed by atoms with Crippen molar-refractivity contribution in [2.24, 2.45) is 10.1 Å². The lowest BCUT2D eigenvalue weighted by atomic mass is 9.94. The second-order valence-electron chi connectivity index (χ2n) is 7.11. The number of hydrogen-bond acceptors (Lipinski definition) is 5. The molecular weight excluding hydrogens is 366 g/mol. The number of nitrogens with zero attached hydrogens (tertiary/aromatic N) is 2. The third-order valence-electron chi connectivity index (χ3n) is 3.72. The van der Waals surface area contributed by atoms with Crippen LogP contribution in [-0.4, -0.2) is 25.9 Å². The Morgan fingerprint density at radius 3 is 2.41 bits per heavy atom. The summed E-state index contributed by atoms with van der Waals surface area (Å²) in [5.41, 5.74) is 0.776. The average Bonchev–Trinajstić information content (AvgIpc) is 3.06. The molecule has 0 amide bonds. The number of guanidine groups is 1. The fraction of sp³-hybridized carbons (Fsp3) is 0.444. The molecule has 1 aromatic carbocycles. The molecule has 0 atom stereocenters. The standard InChI is InChI=1S/C18H27N5O3S/c1-5-20-17(23-12-16-21-11-15(26-16)18(2,3)4)22-10-13-6-8-14(9-7-13)27(19,24)25/h6-9,11H,5,10,12H2,1-4H3,(H2,19,24,25)(H2,20,22,23). The van der Waals surface area contributed by atoms with Crippen LogP contribution in [0, 0.1) is 0 Å². The molecule has 0 aliphatic carbocycles. The molecule has 1 aromatic heterocycles. The molecule has 1 heterocycles. The van der Waals surface area contributed by atoms with Crippen LogP contribution in [-0.2, 0) is 28.5 Å². The Balaban J connectivity index is 2.00. The largest absolute Gasteiger partial charge is 0.443 e. The van der Waals surface area contributed by atoms with Crippen molar-refractivity contribution in [1.82, 2.24) is 15.6 Å². The first-order chi connectivity index (χ1) is 12.6. The van der Waals surface area contributed by atoms with Gasteiger partial charge in [0.1, 0.15) is 5.76 Å². The molecule has 27 heavy (non-hydrogen) atoms. The van der Waals surface area contributed by atoms with Crippen LogP contribution in [0.1, 0.15) is 44.9 Å².